The Hall–Kier alpha value is -1.62. The molecule has 1 unspecified atom stereocenters. The molecule has 0 spiro atoms. The summed E-state index contributed by atoms with van der Waals surface area (Å²) in [6.45, 7) is 5.41. The van der Waals surface area contributed by atoms with Crippen molar-refractivity contribution in [1.29, 1.82) is 0 Å². The van der Waals surface area contributed by atoms with E-state index in [9.17, 15) is 4.79 Å². The van der Waals surface area contributed by atoms with Gasteiger partial charge < -0.3 is 15.3 Å². The van der Waals surface area contributed by atoms with E-state index in [1.54, 1.807) is 12.1 Å². The van der Waals surface area contributed by atoms with Crippen LogP contribution in [0.25, 0.3) is 0 Å². The number of rotatable bonds is 6. The van der Waals surface area contributed by atoms with E-state index in [1.165, 1.54) is 31.9 Å². The van der Waals surface area contributed by atoms with Gasteiger partial charge in [0.25, 0.3) is 0 Å². The Bertz CT molecular complexity index is 450. The SMILES string of the molecule is CC1CCCCN1CCCNc1cccc(C(=O)O)n1. The second kappa shape index (κ2) is 7.24. The van der Waals surface area contributed by atoms with Gasteiger partial charge in [-0.05, 0) is 44.9 Å². The van der Waals surface area contributed by atoms with E-state index in [4.69, 9.17) is 5.11 Å². The maximum Gasteiger partial charge on any atom is 0.354 e. The largest absolute Gasteiger partial charge is 0.477 e. The molecule has 20 heavy (non-hydrogen) atoms. The minimum Gasteiger partial charge on any atom is -0.477 e. The number of nitrogens with one attached hydrogen (secondary N) is 1. The van der Waals surface area contributed by atoms with E-state index in [0.717, 1.165) is 19.5 Å². The van der Waals surface area contributed by atoms with Gasteiger partial charge in [0.15, 0.2) is 5.69 Å². The molecular formula is C15H23N3O2. The normalized spacial score (nSPS) is 19.8. The summed E-state index contributed by atoms with van der Waals surface area (Å²) >= 11 is 0. The van der Waals surface area contributed by atoms with E-state index in [-0.39, 0.29) is 5.69 Å². The quantitative estimate of drug-likeness (QED) is 0.782. The maximum atomic E-state index is 10.8. The first-order valence-corrected chi connectivity index (χ1v) is 7.35. The molecule has 0 aliphatic carbocycles. The Labute approximate surface area is 120 Å². The van der Waals surface area contributed by atoms with Gasteiger partial charge in [0.2, 0.25) is 0 Å². The van der Waals surface area contributed by atoms with Crippen molar-refractivity contribution in [3.8, 4) is 0 Å². The second-order valence-corrected chi connectivity index (χ2v) is 5.37. The van der Waals surface area contributed by atoms with E-state index in [0.29, 0.717) is 11.9 Å². The number of carbonyl (C=O) groups is 1. The highest BCUT2D eigenvalue weighted by Crippen LogP contribution is 2.16. The van der Waals surface area contributed by atoms with Crippen LogP contribution in [0.15, 0.2) is 18.2 Å². The van der Waals surface area contributed by atoms with Gasteiger partial charge in [-0.2, -0.15) is 0 Å². The third-order valence-electron chi connectivity index (χ3n) is 3.84. The van der Waals surface area contributed by atoms with E-state index in [1.807, 2.05) is 0 Å². The number of nitrogens with zero attached hydrogens (tertiary/aromatic N) is 2. The molecule has 1 fully saturated rings. The van der Waals surface area contributed by atoms with Crippen molar-refractivity contribution in [1.82, 2.24) is 9.88 Å². The van der Waals surface area contributed by atoms with Crippen molar-refractivity contribution in [3.63, 3.8) is 0 Å². The lowest BCUT2D eigenvalue weighted by Gasteiger charge is -2.33. The smallest absolute Gasteiger partial charge is 0.354 e. The van der Waals surface area contributed by atoms with Gasteiger partial charge in [-0.1, -0.05) is 12.5 Å². The monoisotopic (exact) mass is 277 g/mol. The average molecular weight is 277 g/mol. The number of carboxylic acid groups (broad SMARTS) is 1. The summed E-state index contributed by atoms with van der Waals surface area (Å²) in [4.78, 5) is 17.4. The molecular weight excluding hydrogens is 254 g/mol. The third kappa shape index (κ3) is 4.20. The number of likely N-dealkylation sites (tertiary alicyclic amines) is 1. The molecule has 0 amide bonds. The molecule has 2 rings (SSSR count). The van der Waals surface area contributed by atoms with Gasteiger partial charge in [0.1, 0.15) is 5.82 Å². The van der Waals surface area contributed by atoms with Crippen LogP contribution in [0, 0.1) is 0 Å². The van der Waals surface area contributed by atoms with Crippen LogP contribution in [0.3, 0.4) is 0 Å². The van der Waals surface area contributed by atoms with Crippen LogP contribution in [0.5, 0.6) is 0 Å². The highest BCUT2D eigenvalue weighted by atomic mass is 16.4. The molecule has 1 aromatic rings. The van der Waals surface area contributed by atoms with Gasteiger partial charge in [0.05, 0.1) is 0 Å². The van der Waals surface area contributed by atoms with Crippen molar-refractivity contribution in [2.24, 2.45) is 0 Å². The summed E-state index contributed by atoms with van der Waals surface area (Å²) in [5.74, 6) is -0.354. The van der Waals surface area contributed by atoms with Crippen LogP contribution < -0.4 is 5.32 Å². The Morgan fingerprint density at radius 1 is 1.50 bits per heavy atom. The molecule has 1 aliphatic heterocycles. The predicted molar refractivity (Wildman–Crippen MR) is 79.2 cm³/mol. The molecule has 2 heterocycles. The van der Waals surface area contributed by atoms with Crippen molar-refractivity contribution >= 4 is 11.8 Å². The first-order valence-electron chi connectivity index (χ1n) is 7.35. The fourth-order valence-corrected chi connectivity index (χ4v) is 2.64. The van der Waals surface area contributed by atoms with Gasteiger partial charge in [0, 0.05) is 19.1 Å². The maximum absolute atomic E-state index is 10.8. The van der Waals surface area contributed by atoms with Crippen molar-refractivity contribution in [2.45, 2.75) is 38.6 Å². The number of carboxylic acids is 1. The molecule has 110 valence electrons. The zero-order chi connectivity index (χ0) is 14.4. The van der Waals surface area contributed by atoms with Crippen LogP contribution >= 0.6 is 0 Å². The highest BCUT2D eigenvalue weighted by Gasteiger charge is 2.17. The molecule has 5 heteroatoms. The van der Waals surface area contributed by atoms with Gasteiger partial charge in [-0.25, -0.2) is 9.78 Å². The minimum absolute atomic E-state index is 0.0830. The summed E-state index contributed by atoms with van der Waals surface area (Å²) in [5, 5.41) is 12.1. The van der Waals surface area contributed by atoms with Crippen molar-refractivity contribution in [2.75, 3.05) is 25.0 Å². The third-order valence-corrected chi connectivity index (χ3v) is 3.84. The number of hydrogen-bond donors (Lipinski definition) is 2. The number of aromatic carboxylic acids is 1. The number of anilines is 1. The Balaban J connectivity index is 1.73. The van der Waals surface area contributed by atoms with E-state index >= 15 is 0 Å². The molecule has 0 radical (unpaired) electrons. The number of piperidine rings is 1. The molecule has 5 nitrogen and oxygen atoms in total. The van der Waals surface area contributed by atoms with E-state index in [2.05, 4.69) is 22.1 Å². The summed E-state index contributed by atoms with van der Waals surface area (Å²) in [6, 6.07) is 5.71. The molecule has 0 bridgehead atoms. The van der Waals surface area contributed by atoms with Crippen LogP contribution in [0.1, 0.15) is 43.1 Å². The number of aromatic nitrogens is 1. The second-order valence-electron chi connectivity index (χ2n) is 5.37. The minimum atomic E-state index is -0.990. The Kier molecular flexibility index (Phi) is 5.35. The van der Waals surface area contributed by atoms with Gasteiger partial charge in [-0.3, -0.25) is 0 Å². The molecule has 1 aliphatic rings. The summed E-state index contributed by atoms with van der Waals surface area (Å²) in [7, 11) is 0. The zero-order valence-electron chi connectivity index (χ0n) is 12.0. The van der Waals surface area contributed by atoms with Gasteiger partial charge >= 0.3 is 5.97 Å². The fourth-order valence-electron chi connectivity index (χ4n) is 2.64. The van der Waals surface area contributed by atoms with Gasteiger partial charge in [-0.15, -0.1) is 0 Å². The van der Waals surface area contributed by atoms with E-state index < -0.39 is 5.97 Å². The van der Waals surface area contributed by atoms with Crippen LogP contribution in [0.4, 0.5) is 5.82 Å². The first-order chi connectivity index (χ1) is 9.66. The fraction of sp³-hybridized carbons (Fsp3) is 0.600. The van der Waals surface area contributed by atoms with Crippen LogP contribution in [-0.4, -0.2) is 46.6 Å². The lowest BCUT2D eigenvalue weighted by molar-refractivity contribution is 0.0690. The molecule has 0 saturated carbocycles. The summed E-state index contributed by atoms with van der Waals surface area (Å²) in [5.41, 5.74) is 0.0830. The first kappa shape index (κ1) is 14.8. The average Bonchev–Trinajstić information content (AvgIpc) is 2.45. The van der Waals surface area contributed by atoms with Crippen LogP contribution in [0.2, 0.25) is 0 Å². The Morgan fingerprint density at radius 2 is 2.35 bits per heavy atom. The molecule has 1 saturated heterocycles. The van der Waals surface area contributed by atoms with Crippen molar-refractivity contribution < 1.29 is 9.90 Å². The highest BCUT2D eigenvalue weighted by molar-refractivity contribution is 5.85. The predicted octanol–water partition coefficient (Wildman–Crippen LogP) is 2.46. The van der Waals surface area contributed by atoms with Crippen molar-refractivity contribution in [3.05, 3.63) is 23.9 Å². The molecule has 1 aromatic heterocycles. The van der Waals surface area contributed by atoms with Crippen LogP contribution in [-0.2, 0) is 0 Å². The summed E-state index contributed by atoms with van der Waals surface area (Å²) in [6.07, 6.45) is 5.00. The zero-order valence-corrected chi connectivity index (χ0v) is 12.0. The number of pyridine rings is 1. The lowest BCUT2D eigenvalue weighted by atomic mass is 10.0. The Morgan fingerprint density at radius 3 is 3.10 bits per heavy atom. The standard InChI is InChI=1S/C15H23N3O2/c1-12-6-2-3-10-18(12)11-5-9-16-14-8-4-7-13(17-14)15(19)20/h4,7-8,12H,2-3,5-6,9-11H2,1H3,(H,16,17)(H,19,20). The topological polar surface area (TPSA) is 65.5 Å². The number of hydrogen-bond acceptors (Lipinski definition) is 4. The lowest BCUT2D eigenvalue weighted by Crippen LogP contribution is -2.38. The molecule has 0 aromatic carbocycles. The molecule has 2 N–H and O–H groups in total. The summed E-state index contributed by atoms with van der Waals surface area (Å²) < 4.78 is 0. The molecule has 1 atom stereocenters.